The lowest BCUT2D eigenvalue weighted by molar-refractivity contribution is -0.132. The van der Waals surface area contributed by atoms with Crippen molar-refractivity contribution in [3.05, 3.63) is 23.2 Å². The molecule has 0 aromatic heterocycles. The fourth-order valence-electron chi connectivity index (χ4n) is 1.69. The van der Waals surface area contributed by atoms with E-state index < -0.39 is 0 Å². The molecule has 1 aromatic rings. The number of anilines is 1. The zero-order chi connectivity index (χ0) is 15.4. The molecule has 7 heteroatoms. The fourth-order valence-corrected chi connectivity index (χ4v) is 2.87. The van der Waals surface area contributed by atoms with E-state index in [1.165, 1.54) is 16.7 Å². The number of likely N-dealkylation sites (N-methyl/N-ethyl adjacent to an activating group) is 1. The molecule has 0 spiro atoms. The van der Waals surface area contributed by atoms with Gasteiger partial charge in [0, 0.05) is 28.7 Å². The van der Waals surface area contributed by atoms with Gasteiger partial charge in [-0.2, -0.15) is 0 Å². The Labute approximate surface area is 133 Å². The third-order valence-corrected chi connectivity index (χ3v) is 4.37. The number of nitrogens with one attached hydrogen (secondary N) is 1. The molecule has 1 aliphatic carbocycles. The molecule has 0 radical (unpaired) electrons. The van der Waals surface area contributed by atoms with E-state index in [4.69, 9.17) is 17.3 Å². The lowest BCUT2D eigenvalue weighted by atomic mass is 10.3. The summed E-state index contributed by atoms with van der Waals surface area (Å²) >= 11 is 7.22. The molecule has 0 heterocycles. The Morgan fingerprint density at radius 3 is 2.86 bits per heavy atom. The molecule has 0 atom stereocenters. The molecule has 0 bridgehead atoms. The number of nitrogen functional groups attached to an aromatic ring is 1. The Kier molecular flexibility index (Phi) is 5.36. The average molecular weight is 328 g/mol. The van der Waals surface area contributed by atoms with Gasteiger partial charge in [0.15, 0.2) is 0 Å². The molecule has 2 amide bonds. The first-order chi connectivity index (χ1) is 9.95. The van der Waals surface area contributed by atoms with E-state index in [0.717, 1.165) is 17.7 Å². The highest BCUT2D eigenvalue weighted by molar-refractivity contribution is 8.00. The van der Waals surface area contributed by atoms with Crippen molar-refractivity contribution < 1.29 is 9.59 Å². The molecule has 1 fully saturated rings. The Bertz CT molecular complexity index is 549. The summed E-state index contributed by atoms with van der Waals surface area (Å²) in [7, 11) is 1.62. The van der Waals surface area contributed by atoms with Crippen LogP contribution < -0.4 is 11.1 Å². The summed E-state index contributed by atoms with van der Waals surface area (Å²) in [6, 6.07) is 5.45. The SMILES string of the molecule is CN(CC(=O)NC1CC1)C(=O)CSc1cc(Cl)ccc1N. The summed E-state index contributed by atoms with van der Waals surface area (Å²) in [6.07, 6.45) is 2.07. The molecule has 2 rings (SSSR count). The highest BCUT2D eigenvalue weighted by atomic mass is 35.5. The molecule has 5 nitrogen and oxygen atoms in total. The maximum Gasteiger partial charge on any atom is 0.239 e. The molecular formula is C14H18ClN3O2S. The maximum absolute atomic E-state index is 12.0. The van der Waals surface area contributed by atoms with E-state index in [9.17, 15) is 9.59 Å². The van der Waals surface area contributed by atoms with Crippen LogP contribution in [0.2, 0.25) is 5.02 Å². The molecular weight excluding hydrogens is 310 g/mol. The van der Waals surface area contributed by atoms with Crippen LogP contribution in [-0.4, -0.2) is 42.1 Å². The van der Waals surface area contributed by atoms with E-state index in [0.29, 0.717) is 16.8 Å². The smallest absolute Gasteiger partial charge is 0.239 e. The van der Waals surface area contributed by atoms with Crippen molar-refractivity contribution in [1.29, 1.82) is 0 Å². The second kappa shape index (κ2) is 7.04. The van der Waals surface area contributed by atoms with Crippen molar-refractivity contribution in [2.45, 2.75) is 23.8 Å². The Balaban J connectivity index is 1.79. The van der Waals surface area contributed by atoms with Crippen LogP contribution in [0, 0.1) is 0 Å². The Morgan fingerprint density at radius 2 is 2.19 bits per heavy atom. The Morgan fingerprint density at radius 1 is 1.48 bits per heavy atom. The van der Waals surface area contributed by atoms with Crippen molar-refractivity contribution in [3.8, 4) is 0 Å². The standard InChI is InChI=1S/C14H18ClN3O2S/c1-18(7-13(19)17-10-3-4-10)14(20)8-21-12-6-9(15)2-5-11(12)16/h2,5-6,10H,3-4,7-8,16H2,1H3,(H,17,19). The van der Waals surface area contributed by atoms with Crippen LogP contribution in [0.5, 0.6) is 0 Å². The van der Waals surface area contributed by atoms with Crippen LogP contribution in [-0.2, 0) is 9.59 Å². The molecule has 21 heavy (non-hydrogen) atoms. The number of nitrogens with zero attached hydrogens (tertiary/aromatic N) is 1. The summed E-state index contributed by atoms with van der Waals surface area (Å²) in [5, 5.41) is 3.43. The summed E-state index contributed by atoms with van der Waals surface area (Å²) < 4.78 is 0. The van der Waals surface area contributed by atoms with E-state index in [1.807, 2.05) is 0 Å². The van der Waals surface area contributed by atoms with E-state index >= 15 is 0 Å². The highest BCUT2D eigenvalue weighted by Crippen LogP contribution is 2.28. The maximum atomic E-state index is 12.0. The number of carbonyl (C=O) groups is 2. The summed E-state index contributed by atoms with van der Waals surface area (Å²) in [6.45, 7) is 0.0842. The summed E-state index contributed by atoms with van der Waals surface area (Å²) in [4.78, 5) is 25.8. The number of halogens is 1. The van der Waals surface area contributed by atoms with Gasteiger partial charge in [0.2, 0.25) is 11.8 Å². The Hall–Kier alpha value is -1.40. The largest absolute Gasteiger partial charge is 0.398 e. The third-order valence-electron chi connectivity index (χ3n) is 3.08. The number of hydrogen-bond acceptors (Lipinski definition) is 4. The van der Waals surface area contributed by atoms with Crippen molar-refractivity contribution in [1.82, 2.24) is 10.2 Å². The topological polar surface area (TPSA) is 75.4 Å². The van der Waals surface area contributed by atoms with Gasteiger partial charge in [-0.15, -0.1) is 11.8 Å². The minimum Gasteiger partial charge on any atom is -0.398 e. The van der Waals surface area contributed by atoms with Crippen molar-refractivity contribution >= 4 is 40.9 Å². The summed E-state index contributed by atoms with van der Waals surface area (Å²) in [5.41, 5.74) is 6.41. The van der Waals surface area contributed by atoms with Crippen LogP contribution in [0.25, 0.3) is 0 Å². The van der Waals surface area contributed by atoms with Crippen LogP contribution in [0.4, 0.5) is 5.69 Å². The number of thioether (sulfide) groups is 1. The molecule has 3 N–H and O–H groups in total. The molecule has 1 aromatic carbocycles. The fraction of sp³-hybridized carbons (Fsp3) is 0.429. The van der Waals surface area contributed by atoms with Gasteiger partial charge in [-0.05, 0) is 31.0 Å². The van der Waals surface area contributed by atoms with Crippen molar-refractivity contribution in [3.63, 3.8) is 0 Å². The second-order valence-electron chi connectivity index (χ2n) is 5.06. The van der Waals surface area contributed by atoms with Gasteiger partial charge in [0.1, 0.15) is 0 Å². The quantitative estimate of drug-likeness (QED) is 0.616. The summed E-state index contributed by atoms with van der Waals surface area (Å²) in [5.74, 6) is -0.0106. The van der Waals surface area contributed by atoms with Crippen LogP contribution in [0.15, 0.2) is 23.1 Å². The molecule has 0 unspecified atom stereocenters. The predicted octanol–water partition coefficient (Wildman–Crippen LogP) is 1.75. The van der Waals surface area contributed by atoms with Gasteiger partial charge in [-0.25, -0.2) is 0 Å². The molecule has 0 aliphatic heterocycles. The normalized spacial score (nSPS) is 13.8. The zero-order valence-electron chi connectivity index (χ0n) is 11.8. The first-order valence-electron chi connectivity index (χ1n) is 6.67. The van der Waals surface area contributed by atoms with E-state index in [-0.39, 0.29) is 24.1 Å². The van der Waals surface area contributed by atoms with Crippen LogP contribution in [0.3, 0.4) is 0 Å². The van der Waals surface area contributed by atoms with Crippen molar-refractivity contribution in [2.24, 2.45) is 0 Å². The number of hydrogen-bond donors (Lipinski definition) is 2. The first-order valence-corrected chi connectivity index (χ1v) is 8.03. The van der Waals surface area contributed by atoms with E-state index in [2.05, 4.69) is 5.32 Å². The third kappa shape index (κ3) is 5.13. The van der Waals surface area contributed by atoms with E-state index in [1.54, 1.807) is 25.2 Å². The first kappa shape index (κ1) is 16.0. The molecule has 1 saturated carbocycles. The number of benzene rings is 1. The minimum atomic E-state index is -0.120. The monoisotopic (exact) mass is 327 g/mol. The molecule has 114 valence electrons. The minimum absolute atomic E-state index is 0.0842. The molecule has 0 saturated heterocycles. The van der Waals surface area contributed by atoms with Gasteiger partial charge in [-0.3, -0.25) is 9.59 Å². The van der Waals surface area contributed by atoms with Gasteiger partial charge < -0.3 is 16.0 Å². The number of amides is 2. The lowest BCUT2D eigenvalue weighted by Crippen LogP contribution is -2.39. The zero-order valence-corrected chi connectivity index (χ0v) is 13.3. The molecule has 1 aliphatic rings. The van der Waals surface area contributed by atoms with Crippen LogP contribution >= 0.6 is 23.4 Å². The van der Waals surface area contributed by atoms with Crippen molar-refractivity contribution in [2.75, 3.05) is 25.1 Å². The number of rotatable bonds is 6. The second-order valence-corrected chi connectivity index (χ2v) is 6.52. The number of nitrogens with two attached hydrogens (primary N) is 1. The van der Waals surface area contributed by atoms with Gasteiger partial charge >= 0.3 is 0 Å². The average Bonchev–Trinajstić information content (AvgIpc) is 3.23. The van der Waals surface area contributed by atoms with Gasteiger partial charge in [-0.1, -0.05) is 11.6 Å². The van der Waals surface area contributed by atoms with Gasteiger partial charge in [0.05, 0.1) is 12.3 Å². The predicted molar refractivity (Wildman–Crippen MR) is 85.4 cm³/mol. The number of carbonyl (C=O) groups excluding carboxylic acids is 2. The lowest BCUT2D eigenvalue weighted by Gasteiger charge is -2.16. The highest BCUT2D eigenvalue weighted by Gasteiger charge is 2.24. The van der Waals surface area contributed by atoms with Crippen LogP contribution in [0.1, 0.15) is 12.8 Å². The van der Waals surface area contributed by atoms with Gasteiger partial charge in [0.25, 0.3) is 0 Å².